The molecule has 3 aromatic rings. The molecule has 4 nitrogen and oxygen atoms in total. The number of carbonyl (C=O) groups excluding carboxylic acids is 1. The molecular formula is C19H15ClN2O2. The van der Waals surface area contributed by atoms with Gasteiger partial charge >= 0.3 is 6.09 Å². The number of fused-ring (bicyclic) bond motifs is 2. The smallest absolute Gasteiger partial charge is 0.391 e. The van der Waals surface area contributed by atoms with Crippen LogP contribution in [0.2, 0.25) is 5.02 Å². The Balaban J connectivity index is 1.64. The molecule has 0 saturated heterocycles. The molecule has 5 heteroatoms. The summed E-state index contributed by atoms with van der Waals surface area (Å²) in [6.45, 7) is 2.97. The predicted molar refractivity (Wildman–Crippen MR) is 93.2 cm³/mol. The van der Waals surface area contributed by atoms with E-state index in [0.717, 1.165) is 27.6 Å². The zero-order valence-electron chi connectivity index (χ0n) is 13.1. The van der Waals surface area contributed by atoms with Gasteiger partial charge in [-0.3, -0.25) is 4.90 Å². The van der Waals surface area contributed by atoms with Crippen LogP contribution < -0.4 is 4.74 Å². The third-order valence-electron chi connectivity index (χ3n) is 4.10. The number of nitrogens with zero attached hydrogens (tertiary/aromatic N) is 2. The summed E-state index contributed by atoms with van der Waals surface area (Å²) in [4.78, 5) is 18.4. The van der Waals surface area contributed by atoms with Crippen LogP contribution in [-0.2, 0) is 13.1 Å². The lowest BCUT2D eigenvalue weighted by molar-refractivity contribution is 0.133. The zero-order valence-corrected chi connectivity index (χ0v) is 13.9. The Bertz CT molecular complexity index is 938. The van der Waals surface area contributed by atoms with Crippen molar-refractivity contribution in [2.45, 2.75) is 20.0 Å². The summed E-state index contributed by atoms with van der Waals surface area (Å²) in [5, 5.41) is 1.72. The normalized spacial score (nSPS) is 13.8. The van der Waals surface area contributed by atoms with Gasteiger partial charge in [-0.15, -0.1) is 0 Å². The van der Waals surface area contributed by atoms with Crippen molar-refractivity contribution in [3.63, 3.8) is 0 Å². The fraction of sp³-hybridized carbons (Fsp3) is 0.158. The molecule has 0 spiro atoms. The highest BCUT2D eigenvalue weighted by Gasteiger charge is 2.26. The minimum atomic E-state index is -0.378. The topological polar surface area (TPSA) is 42.4 Å². The van der Waals surface area contributed by atoms with Gasteiger partial charge < -0.3 is 4.74 Å². The quantitative estimate of drug-likeness (QED) is 0.679. The van der Waals surface area contributed by atoms with Crippen LogP contribution in [0.15, 0.2) is 48.5 Å². The number of rotatable bonds is 2. The van der Waals surface area contributed by atoms with E-state index in [9.17, 15) is 4.79 Å². The van der Waals surface area contributed by atoms with Crippen LogP contribution in [0, 0.1) is 6.92 Å². The van der Waals surface area contributed by atoms with Crippen molar-refractivity contribution >= 4 is 28.6 Å². The molecule has 120 valence electrons. The molecule has 1 aromatic heterocycles. The maximum atomic E-state index is 12.3. The first-order chi connectivity index (χ1) is 11.6. The van der Waals surface area contributed by atoms with Crippen molar-refractivity contribution in [3.05, 3.63) is 70.2 Å². The van der Waals surface area contributed by atoms with Gasteiger partial charge in [-0.05, 0) is 42.3 Å². The number of aromatic nitrogens is 1. The van der Waals surface area contributed by atoms with Crippen LogP contribution in [0.4, 0.5) is 4.79 Å². The summed E-state index contributed by atoms with van der Waals surface area (Å²) in [6, 6.07) is 15.6. The lowest BCUT2D eigenvalue weighted by Crippen LogP contribution is -2.36. The maximum absolute atomic E-state index is 12.3. The van der Waals surface area contributed by atoms with E-state index in [1.807, 2.05) is 49.4 Å². The van der Waals surface area contributed by atoms with Crippen molar-refractivity contribution in [2.24, 2.45) is 0 Å². The standard InChI is InChI=1S/C19H15ClN2O2/c1-12-2-5-14-9-15-11-22(10-13-3-6-16(20)7-4-13)19(23)24-18(15)21-17(14)8-12/h2-9H,10-11H2,1H3. The van der Waals surface area contributed by atoms with Gasteiger partial charge in [0.1, 0.15) is 0 Å². The number of ether oxygens (including phenoxy) is 1. The van der Waals surface area contributed by atoms with Gasteiger partial charge in [0.15, 0.2) is 0 Å². The second-order valence-corrected chi connectivity index (χ2v) is 6.44. The lowest BCUT2D eigenvalue weighted by Gasteiger charge is -2.27. The van der Waals surface area contributed by atoms with E-state index >= 15 is 0 Å². The molecule has 0 radical (unpaired) electrons. The van der Waals surface area contributed by atoms with Crippen LogP contribution in [0.5, 0.6) is 5.88 Å². The predicted octanol–water partition coefficient (Wildman–Crippen LogP) is 4.71. The van der Waals surface area contributed by atoms with E-state index in [4.69, 9.17) is 16.3 Å². The van der Waals surface area contributed by atoms with Gasteiger partial charge in [0.25, 0.3) is 0 Å². The van der Waals surface area contributed by atoms with E-state index < -0.39 is 0 Å². The molecule has 0 bridgehead atoms. The molecule has 0 atom stereocenters. The average molecular weight is 339 g/mol. The highest BCUT2D eigenvalue weighted by atomic mass is 35.5. The minimum absolute atomic E-state index is 0.378. The molecular weight excluding hydrogens is 324 g/mol. The van der Waals surface area contributed by atoms with E-state index in [2.05, 4.69) is 11.1 Å². The molecule has 0 saturated carbocycles. The van der Waals surface area contributed by atoms with E-state index in [1.54, 1.807) is 4.90 Å². The average Bonchev–Trinajstić information content (AvgIpc) is 2.56. The molecule has 0 fully saturated rings. The van der Waals surface area contributed by atoms with Gasteiger partial charge in [0, 0.05) is 22.5 Å². The summed E-state index contributed by atoms with van der Waals surface area (Å²) < 4.78 is 5.44. The monoisotopic (exact) mass is 338 g/mol. The van der Waals surface area contributed by atoms with Crippen molar-refractivity contribution < 1.29 is 9.53 Å². The first-order valence-electron chi connectivity index (χ1n) is 7.70. The lowest BCUT2D eigenvalue weighted by atomic mass is 10.1. The van der Waals surface area contributed by atoms with Crippen molar-refractivity contribution in [1.82, 2.24) is 9.88 Å². The highest BCUT2D eigenvalue weighted by molar-refractivity contribution is 6.30. The van der Waals surface area contributed by atoms with Crippen LogP contribution in [0.3, 0.4) is 0 Å². The van der Waals surface area contributed by atoms with Gasteiger partial charge in [0.2, 0.25) is 5.88 Å². The Morgan fingerprint density at radius 1 is 1.17 bits per heavy atom. The summed E-state index contributed by atoms with van der Waals surface area (Å²) in [5.41, 5.74) is 3.89. The Hall–Kier alpha value is -2.59. The molecule has 4 rings (SSSR count). The van der Waals surface area contributed by atoms with Crippen LogP contribution >= 0.6 is 11.6 Å². The van der Waals surface area contributed by atoms with E-state index in [1.165, 1.54) is 0 Å². The molecule has 1 amide bonds. The van der Waals surface area contributed by atoms with E-state index in [0.29, 0.717) is 24.0 Å². The largest absolute Gasteiger partial charge is 0.417 e. The SMILES string of the molecule is Cc1ccc2cc3c(nc2c1)OC(=O)N(Cc1ccc(Cl)cc1)C3. The minimum Gasteiger partial charge on any atom is -0.391 e. The zero-order chi connectivity index (χ0) is 16.7. The van der Waals surface area contributed by atoms with Gasteiger partial charge in [-0.1, -0.05) is 35.9 Å². The molecule has 0 unspecified atom stereocenters. The maximum Gasteiger partial charge on any atom is 0.417 e. The number of benzene rings is 2. The van der Waals surface area contributed by atoms with Crippen molar-refractivity contribution in [1.29, 1.82) is 0 Å². The molecule has 1 aliphatic rings. The Morgan fingerprint density at radius 3 is 2.75 bits per heavy atom. The fourth-order valence-electron chi connectivity index (χ4n) is 2.85. The number of pyridine rings is 1. The van der Waals surface area contributed by atoms with Crippen LogP contribution in [-0.4, -0.2) is 16.0 Å². The summed E-state index contributed by atoms with van der Waals surface area (Å²) >= 11 is 5.90. The number of carbonyl (C=O) groups is 1. The Morgan fingerprint density at radius 2 is 1.96 bits per heavy atom. The first-order valence-corrected chi connectivity index (χ1v) is 8.08. The molecule has 0 aliphatic carbocycles. The number of hydrogen-bond donors (Lipinski definition) is 0. The fourth-order valence-corrected chi connectivity index (χ4v) is 2.98. The van der Waals surface area contributed by atoms with Gasteiger partial charge in [-0.25, -0.2) is 9.78 Å². The van der Waals surface area contributed by atoms with Gasteiger partial charge in [0.05, 0.1) is 12.1 Å². The van der Waals surface area contributed by atoms with Gasteiger partial charge in [-0.2, -0.15) is 0 Å². The number of hydrogen-bond acceptors (Lipinski definition) is 3. The number of amides is 1. The Kier molecular flexibility index (Phi) is 3.62. The highest BCUT2D eigenvalue weighted by Crippen LogP contribution is 2.29. The molecule has 2 aromatic carbocycles. The number of aryl methyl sites for hydroxylation is 1. The molecule has 1 aliphatic heterocycles. The second-order valence-electron chi connectivity index (χ2n) is 6.00. The summed E-state index contributed by atoms with van der Waals surface area (Å²) in [6.07, 6.45) is -0.378. The number of halogens is 1. The third kappa shape index (κ3) is 2.81. The second kappa shape index (κ2) is 5.80. The third-order valence-corrected chi connectivity index (χ3v) is 4.35. The van der Waals surface area contributed by atoms with Crippen molar-refractivity contribution in [2.75, 3.05) is 0 Å². The first kappa shape index (κ1) is 15.0. The Labute approximate surface area is 144 Å². The molecule has 0 N–H and O–H groups in total. The molecule has 2 heterocycles. The molecule has 24 heavy (non-hydrogen) atoms. The van der Waals surface area contributed by atoms with E-state index in [-0.39, 0.29) is 6.09 Å². The van der Waals surface area contributed by atoms with Crippen molar-refractivity contribution in [3.8, 4) is 5.88 Å². The van der Waals surface area contributed by atoms with Crippen LogP contribution in [0.1, 0.15) is 16.7 Å². The summed E-state index contributed by atoms with van der Waals surface area (Å²) in [7, 11) is 0. The van der Waals surface area contributed by atoms with Crippen LogP contribution in [0.25, 0.3) is 10.9 Å². The summed E-state index contributed by atoms with van der Waals surface area (Å²) in [5.74, 6) is 0.408.